The van der Waals surface area contributed by atoms with Crippen molar-refractivity contribution in [1.82, 2.24) is 0 Å². The number of phosphoric acid groups is 1. The van der Waals surface area contributed by atoms with Gasteiger partial charge in [-0.1, -0.05) is 32.9 Å². The van der Waals surface area contributed by atoms with Gasteiger partial charge in [0.25, 0.3) is 5.91 Å². The second-order valence-electron chi connectivity index (χ2n) is 10.8. The zero-order valence-corrected chi connectivity index (χ0v) is 24.9. The monoisotopic (exact) mass is 582 g/mol. The minimum absolute atomic E-state index is 0.0274. The van der Waals surface area contributed by atoms with Crippen molar-refractivity contribution in [1.29, 1.82) is 0 Å². The number of aliphatic hydroxyl groups is 1. The number of carbonyl (C=O) groups excluding carboxylic acids is 2. The molecule has 224 valence electrons. The molecule has 0 saturated heterocycles. The highest BCUT2D eigenvalue weighted by atomic mass is 31.2. The van der Waals surface area contributed by atoms with Crippen molar-refractivity contribution in [3.05, 3.63) is 47.1 Å². The second-order valence-corrected chi connectivity index (χ2v) is 11.9. The number of primary amides is 1. The summed E-state index contributed by atoms with van der Waals surface area (Å²) >= 11 is 0. The molecule has 6 atom stereocenters. The van der Waals surface area contributed by atoms with Crippen LogP contribution >= 0.6 is 7.82 Å². The van der Waals surface area contributed by atoms with Crippen LogP contribution in [0.15, 0.2) is 41.5 Å². The van der Waals surface area contributed by atoms with Gasteiger partial charge in [-0.05, 0) is 74.6 Å². The molecule has 1 aromatic carbocycles. The first kappa shape index (κ1) is 33.5. The highest BCUT2D eigenvalue weighted by Gasteiger charge is 2.28. The molecule has 0 aliphatic carbocycles. The summed E-state index contributed by atoms with van der Waals surface area (Å²) in [5.41, 5.74) is 7.56. The van der Waals surface area contributed by atoms with E-state index in [2.05, 4.69) is 5.32 Å². The first-order valence-electron chi connectivity index (χ1n) is 13.3. The standard InChI is InChI=1S/C28H43N2O9P/c1-16-10-21-13-22(15-23(14-21)39-40(34,35)36)30-27(32)18(3)9-7-8-17(2)26(38-28(29)33)20(5)12-19(4)25(31)24(11-16)37-6/h9,12-17,19,24-26,31H,7-8,10-11H2,1-6H3,(H2,29,33)(H,30,32)(H2,34,35,36)/b18-9+,20-12+/t16-,17+,19+,24+,25-,26-/m1/s1. The van der Waals surface area contributed by atoms with Gasteiger partial charge < -0.3 is 30.2 Å². The number of nitrogens with two attached hydrogens (primary N) is 1. The number of aliphatic hydroxyl groups excluding tert-OH is 1. The van der Waals surface area contributed by atoms with E-state index in [1.54, 1.807) is 19.1 Å². The maximum absolute atomic E-state index is 12.9. The zero-order chi connectivity index (χ0) is 30.2. The number of benzene rings is 1. The van der Waals surface area contributed by atoms with Crippen LogP contribution in [-0.2, 0) is 25.3 Å². The molecule has 0 aromatic heterocycles. The van der Waals surface area contributed by atoms with Crippen LogP contribution in [0.25, 0.3) is 0 Å². The smallest absolute Gasteiger partial charge is 0.442 e. The molecule has 40 heavy (non-hydrogen) atoms. The van der Waals surface area contributed by atoms with Gasteiger partial charge in [0.15, 0.2) is 0 Å². The van der Waals surface area contributed by atoms with Crippen molar-refractivity contribution >= 4 is 25.5 Å². The Labute approximate surface area is 236 Å². The first-order chi connectivity index (χ1) is 18.6. The molecular weight excluding hydrogens is 539 g/mol. The lowest BCUT2D eigenvalue weighted by Crippen LogP contribution is -2.35. The number of rotatable bonds is 4. The van der Waals surface area contributed by atoms with Gasteiger partial charge >= 0.3 is 13.9 Å². The van der Waals surface area contributed by atoms with E-state index >= 15 is 0 Å². The van der Waals surface area contributed by atoms with Crippen LogP contribution in [0.1, 0.15) is 59.4 Å². The average Bonchev–Trinajstić information content (AvgIpc) is 2.83. The quantitative estimate of drug-likeness (QED) is 0.253. The number of hydrogen-bond acceptors (Lipinski definition) is 7. The lowest BCUT2D eigenvalue weighted by atomic mass is 9.87. The molecule has 0 radical (unpaired) electrons. The van der Waals surface area contributed by atoms with Crippen LogP contribution in [-0.4, -0.2) is 52.3 Å². The van der Waals surface area contributed by atoms with Gasteiger partial charge in [-0.25, -0.2) is 9.36 Å². The fourth-order valence-corrected chi connectivity index (χ4v) is 5.44. The molecule has 12 heteroatoms. The summed E-state index contributed by atoms with van der Waals surface area (Å²) in [7, 11) is -3.30. The second kappa shape index (κ2) is 14.8. The number of nitrogens with one attached hydrogen (secondary N) is 1. The van der Waals surface area contributed by atoms with E-state index in [1.165, 1.54) is 19.2 Å². The predicted octanol–water partition coefficient (Wildman–Crippen LogP) is 4.46. The average molecular weight is 583 g/mol. The molecule has 0 saturated carbocycles. The van der Waals surface area contributed by atoms with Gasteiger partial charge in [0.2, 0.25) is 0 Å². The summed E-state index contributed by atoms with van der Waals surface area (Å²) in [5, 5.41) is 13.9. The molecule has 1 aliphatic heterocycles. The number of fused-ring (bicyclic) bond motifs is 2. The summed E-state index contributed by atoms with van der Waals surface area (Å²) in [6.45, 7) is 9.24. The molecule has 1 aliphatic rings. The molecule has 2 bridgehead atoms. The van der Waals surface area contributed by atoms with Crippen LogP contribution in [0, 0.1) is 17.8 Å². The molecule has 11 nitrogen and oxygen atoms in total. The molecule has 0 spiro atoms. The lowest BCUT2D eigenvalue weighted by molar-refractivity contribution is -0.112. The molecule has 6 N–H and O–H groups in total. The predicted molar refractivity (Wildman–Crippen MR) is 152 cm³/mol. The van der Waals surface area contributed by atoms with Crippen molar-refractivity contribution in [3.8, 4) is 5.75 Å². The first-order valence-corrected chi connectivity index (χ1v) is 14.8. The van der Waals surface area contributed by atoms with E-state index < -0.39 is 32.2 Å². The van der Waals surface area contributed by atoms with Gasteiger partial charge in [-0.2, -0.15) is 0 Å². The van der Waals surface area contributed by atoms with E-state index in [9.17, 15) is 29.0 Å². The van der Waals surface area contributed by atoms with Gasteiger partial charge in [0.1, 0.15) is 11.9 Å². The Morgan fingerprint density at radius 1 is 1.15 bits per heavy atom. The Balaban J connectivity index is 2.50. The van der Waals surface area contributed by atoms with E-state index in [1.807, 2.05) is 33.8 Å². The minimum Gasteiger partial charge on any atom is -0.442 e. The fraction of sp³-hybridized carbons (Fsp3) is 0.571. The van der Waals surface area contributed by atoms with Crippen LogP contribution in [0.2, 0.25) is 0 Å². The van der Waals surface area contributed by atoms with Crippen molar-refractivity contribution in [3.63, 3.8) is 0 Å². The molecule has 2 amide bonds. The Hall–Kier alpha value is -2.69. The Morgan fingerprint density at radius 3 is 2.42 bits per heavy atom. The number of amides is 2. The van der Waals surface area contributed by atoms with Gasteiger partial charge in [-0.3, -0.25) is 14.6 Å². The Kier molecular flexibility index (Phi) is 12.4. The van der Waals surface area contributed by atoms with Crippen molar-refractivity contribution in [2.75, 3.05) is 12.4 Å². The highest BCUT2D eigenvalue weighted by Crippen LogP contribution is 2.39. The maximum atomic E-state index is 12.9. The van der Waals surface area contributed by atoms with Crippen LogP contribution < -0.4 is 15.6 Å². The molecule has 1 aromatic rings. The van der Waals surface area contributed by atoms with E-state index in [-0.39, 0.29) is 29.4 Å². The normalized spacial score (nSPS) is 30.3. The van der Waals surface area contributed by atoms with Gasteiger partial charge in [0, 0.05) is 30.4 Å². The van der Waals surface area contributed by atoms with Crippen LogP contribution in [0.3, 0.4) is 0 Å². The largest absolute Gasteiger partial charge is 0.524 e. The SMILES string of the molecule is CO[C@H]1C[C@H](C)Cc2cc(cc(OP(=O)(O)O)c2)NC(=O)/C(C)=C/CC[C@H](C)[C@@H](OC(N)=O)/C(C)=C/[C@H](C)[C@H]1O. The molecule has 0 unspecified atom stereocenters. The third-order valence-corrected chi connectivity index (χ3v) is 7.50. The molecule has 0 fully saturated rings. The summed E-state index contributed by atoms with van der Waals surface area (Å²) < 4.78 is 27.4. The van der Waals surface area contributed by atoms with Gasteiger partial charge in [-0.15, -0.1) is 0 Å². The summed E-state index contributed by atoms with van der Waals surface area (Å²) in [4.78, 5) is 43.2. The lowest BCUT2D eigenvalue weighted by Gasteiger charge is -2.29. The van der Waals surface area contributed by atoms with Crippen molar-refractivity contribution in [2.45, 2.75) is 78.6 Å². The third kappa shape index (κ3) is 10.7. The number of hydrogen-bond donors (Lipinski definition) is 5. The van der Waals surface area contributed by atoms with Crippen LogP contribution in [0.5, 0.6) is 5.75 Å². The third-order valence-electron chi connectivity index (χ3n) is 7.05. The minimum atomic E-state index is -4.83. The van der Waals surface area contributed by atoms with E-state index in [0.717, 1.165) is 5.57 Å². The Bertz CT molecular complexity index is 1150. The number of anilines is 1. The molecule has 1 heterocycles. The molecular formula is C28H43N2O9P. The van der Waals surface area contributed by atoms with Crippen molar-refractivity contribution in [2.24, 2.45) is 23.5 Å². The summed E-state index contributed by atoms with van der Waals surface area (Å²) in [6.07, 6.45) is 2.78. The number of ether oxygens (including phenoxy) is 2. The number of phosphoric ester groups is 1. The number of carbonyl (C=O) groups is 2. The number of allylic oxidation sites excluding steroid dienone is 1. The summed E-state index contributed by atoms with van der Waals surface area (Å²) in [6, 6.07) is 4.60. The van der Waals surface area contributed by atoms with Crippen molar-refractivity contribution < 1.29 is 43.0 Å². The maximum Gasteiger partial charge on any atom is 0.524 e. The fourth-order valence-electron chi connectivity index (χ4n) is 5.06. The zero-order valence-electron chi connectivity index (χ0n) is 24.0. The van der Waals surface area contributed by atoms with Gasteiger partial charge in [0.05, 0.1) is 12.2 Å². The van der Waals surface area contributed by atoms with E-state index in [4.69, 9.17) is 19.7 Å². The summed E-state index contributed by atoms with van der Waals surface area (Å²) in [5.74, 6) is -0.950. The Morgan fingerprint density at radius 2 is 1.82 bits per heavy atom. The topological polar surface area (TPSA) is 178 Å². The number of methoxy groups -OCH3 is 1. The highest BCUT2D eigenvalue weighted by molar-refractivity contribution is 7.46. The van der Waals surface area contributed by atoms with Crippen LogP contribution in [0.4, 0.5) is 10.5 Å². The van der Waals surface area contributed by atoms with E-state index in [0.29, 0.717) is 42.5 Å². The molecule has 2 rings (SSSR count).